The topological polar surface area (TPSA) is 55.8 Å². The van der Waals surface area contributed by atoms with Crippen molar-refractivity contribution in [2.45, 2.75) is 26.5 Å². The van der Waals surface area contributed by atoms with E-state index in [1.165, 1.54) is 12.0 Å². The number of amides is 1. The number of aryl methyl sites for hydroxylation is 1. The summed E-state index contributed by atoms with van der Waals surface area (Å²) in [5.74, 6) is -0.497. The highest BCUT2D eigenvalue weighted by atomic mass is 79.9. The molecule has 138 valence electrons. The summed E-state index contributed by atoms with van der Waals surface area (Å²) in [5.41, 5.74) is 2.83. The lowest BCUT2D eigenvalue weighted by atomic mass is 10.0. The number of benzene rings is 2. The zero-order valence-electron chi connectivity index (χ0n) is 15.1. The van der Waals surface area contributed by atoms with Gasteiger partial charge < -0.3 is 9.47 Å². The van der Waals surface area contributed by atoms with Crippen LogP contribution in [-0.4, -0.2) is 30.6 Å². The van der Waals surface area contributed by atoms with Crippen molar-refractivity contribution in [3.8, 4) is 0 Å². The molecule has 0 aliphatic carbocycles. The van der Waals surface area contributed by atoms with Crippen molar-refractivity contribution in [1.29, 1.82) is 0 Å². The van der Waals surface area contributed by atoms with Crippen molar-refractivity contribution >= 4 is 28.0 Å². The van der Waals surface area contributed by atoms with E-state index in [1.54, 1.807) is 0 Å². The Morgan fingerprint density at radius 1 is 1.15 bits per heavy atom. The minimum atomic E-state index is -0.561. The van der Waals surface area contributed by atoms with E-state index in [0.717, 1.165) is 21.2 Å². The number of halogens is 1. The molecular formula is C20H22BrNO4. The first-order valence-electron chi connectivity index (χ1n) is 8.22. The van der Waals surface area contributed by atoms with Crippen LogP contribution < -0.4 is 0 Å². The highest BCUT2D eigenvalue weighted by Gasteiger charge is 2.26. The Labute approximate surface area is 162 Å². The van der Waals surface area contributed by atoms with E-state index in [0.29, 0.717) is 0 Å². The van der Waals surface area contributed by atoms with Gasteiger partial charge in [0.25, 0.3) is 0 Å². The van der Waals surface area contributed by atoms with Gasteiger partial charge in [0.15, 0.2) is 0 Å². The predicted molar refractivity (Wildman–Crippen MR) is 103 cm³/mol. The monoisotopic (exact) mass is 419 g/mol. The van der Waals surface area contributed by atoms with E-state index in [-0.39, 0.29) is 19.2 Å². The number of hydrogen-bond acceptors (Lipinski definition) is 4. The van der Waals surface area contributed by atoms with Gasteiger partial charge in [-0.2, -0.15) is 0 Å². The summed E-state index contributed by atoms with van der Waals surface area (Å²) < 4.78 is 11.1. The predicted octanol–water partition coefficient (Wildman–Crippen LogP) is 4.63. The van der Waals surface area contributed by atoms with Gasteiger partial charge in [-0.15, -0.1) is 0 Å². The number of methoxy groups -OCH3 is 1. The van der Waals surface area contributed by atoms with Crippen LogP contribution in [0, 0.1) is 6.92 Å². The molecule has 0 N–H and O–H groups in total. The number of hydrogen-bond donors (Lipinski definition) is 0. The Morgan fingerprint density at radius 2 is 1.85 bits per heavy atom. The molecule has 0 saturated heterocycles. The maximum Gasteiger partial charge on any atom is 0.411 e. The van der Waals surface area contributed by atoms with Crippen LogP contribution in [0.25, 0.3) is 0 Å². The second-order valence-electron chi connectivity index (χ2n) is 5.92. The lowest BCUT2D eigenvalue weighted by Crippen LogP contribution is -2.38. The molecule has 0 bridgehead atoms. The second kappa shape index (κ2) is 9.38. The third-order valence-corrected chi connectivity index (χ3v) is 4.61. The zero-order chi connectivity index (χ0) is 19.1. The SMILES string of the molecule is COC(=O)CN(C(=O)OCc1ccccc1)[C@H](C)c1ccc(Br)cc1C. The summed E-state index contributed by atoms with van der Waals surface area (Å²) in [4.78, 5) is 25.8. The van der Waals surface area contributed by atoms with E-state index >= 15 is 0 Å². The van der Waals surface area contributed by atoms with Crippen molar-refractivity contribution in [3.63, 3.8) is 0 Å². The van der Waals surface area contributed by atoms with Crippen LogP contribution in [0.2, 0.25) is 0 Å². The maximum absolute atomic E-state index is 12.6. The summed E-state index contributed by atoms with van der Waals surface area (Å²) >= 11 is 3.43. The molecule has 0 radical (unpaired) electrons. The third kappa shape index (κ3) is 5.33. The quantitative estimate of drug-likeness (QED) is 0.640. The number of esters is 1. The fraction of sp³-hybridized carbons (Fsp3) is 0.300. The van der Waals surface area contributed by atoms with Gasteiger partial charge in [0.2, 0.25) is 0 Å². The number of nitrogens with zero attached hydrogens (tertiary/aromatic N) is 1. The minimum Gasteiger partial charge on any atom is -0.468 e. The molecule has 1 atom stereocenters. The van der Waals surface area contributed by atoms with Crippen LogP contribution in [0.5, 0.6) is 0 Å². The highest BCUT2D eigenvalue weighted by molar-refractivity contribution is 9.10. The van der Waals surface area contributed by atoms with E-state index in [1.807, 2.05) is 62.4 Å². The van der Waals surface area contributed by atoms with Gasteiger partial charge in [0, 0.05) is 4.47 Å². The van der Waals surface area contributed by atoms with Gasteiger partial charge in [-0.3, -0.25) is 9.69 Å². The lowest BCUT2D eigenvalue weighted by Gasteiger charge is -2.29. The normalized spacial score (nSPS) is 11.5. The molecule has 6 heteroatoms. The first kappa shape index (κ1) is 20.0. The van der Waals surface area contributed by atoms with E-state index in [2.05, 4.69) is 15.9 Å². The molecule has 0 fully saturated rings. The molecule has 2 aromatic rings. The molecule has 26 heavy (non-hydrogen) atoms. The smallest absolute Gasteiger partial charge is 0.411 e. The highest BCUT2D eigenvalue weighted by Crippen LogP contribution is 2.26. The van der Waals surface area contributed by atoms with Gasteiger partial charge in [0.05, 0.1) is 13.2 Å². The second-order valence-corrected chi connectivity index (χ2v) is 6.84. The molecule has 1 amide bonds. The van der Waals surface area contributed by atoms with E-state index in [4.69, 9.17) is 9.47 Å². The summed E-state index contributed by atoms with van der Waals surface area (Å²) in [5, 5.41) is 0. The Morgan fingerprint density at radius 3 is 2.46 bits per heavy atom. The standard InChI is InChI=1S/C20H22BrNO4/c1-14-11-17(21)9-10-18(14)15(2)22(12-19(23)25-3)20(24)26-13-16-7-5-4-6-8-16/h4-11,15H,12-13H2,1-3H3/t15-/m1/s1. The number of rotatable bonds is 6. The van der Waals surface area contributed by atoms with Crippen LogP contribution >= 0.6 is 15.9 Å². The molecule has 0 aliphatic rings. The third-order valence-electron chi connectivity index (χ3n) is 4.12. The van der Waals surface area contributed by atoms with Crippen molar-refractivity contribution in [2.75, 3.05) is 13.7 Å². The van der Waals surface area contributed by atoms with Crippen LogP contribution in [-0.2, 0) is 20.9 Å². The Kier molecular flexibility index (Phi) is 7.21. The maximum atomic E-state index is 12.6. The molecular weight excluding hydrogens is 398 g/mol. The number of carbonyl (C=O) groups is 2. The average molecular weight is 420 g/mol. The Balaban J connectivity index is 2.18. The van der Waals surface area contributed by atoms with Gasteiger partial charge in [-0.1, -0.05) is 52.3 Å². The molecule has 0 unspecified atom stereocenters. The molecule has 0 aromatic heterocycles. The fourth-order valence-corrected chi connectivity index (χ4v) is 3.12. The van der Waals surface area contributed by atoms with Gasteiger partial charge in [-0.25, -0.2) is 4.79 Å². The van der Waals surface area contributed by atoms with E-state index < -0.39 is 12.1 Å². The average Bonchev–Trinajstić information content (AvgIpc) is 2.64. The summed E-state index contributed by atoms with van der Waals surface area (Å²) in [7, 11) is 1.30. The Bertz CT molecular complexity index is 764. The first-order chi connectivity index (χ1) is 12.4. The van der Waals surface area contributed by atoms with Gasteiger partial charge >= 0.3 is 12.1 Å². The molecule has 0 aliphatic heterocycles. The lowest BCUT2D eigenvalue weighted by molar-refractivity contribution is -0.142. The van der Waals surface area contributed by atoms with Crippen LogP contribution in [0.4, 0.5) is 4.79 Å². The van der Waals surface area contributed by atoms with Crippen LogP contribution in [0.3, 0.4) is 0 Å². The molecule has 0 spiro atoms. The van der Waals surface area contributed by atoms with Gasteiger partial charge in [0.1, 0.15) is 13.2 Å². The number of ether oxygens (including phenoxy) is 2. The Hall–Kier alpha value is -2.34. The molecule has 5 nitrogen and oxygen atoms in total. The zero-order valence-corrected chi connectivity index (χ0v) is 16.7. The summed E-state index contributed by atoms with van der Waals surface area (Å²) in [6, 6.07) is 14.9. The fourth-order valence-electron chi connectivity index (χ4n) is 2.64. The largest absolute Gasteiger partial charge is 0.468 e. The first-order valence-corrected chi connectivity index (χ1v) is 9.02. The van der Waals surface area contributed by atoms with Crippen molar-refractivity contribution in [1.82, 2.24) is 4.90 Å². The van der Waals surface area contributed by atoms with Crippen molar-refractivity contribution < 1.29 is 19.1 Å². The molecule has 2 rings (SSSR count). The number of carbonyl (C=O) groups excluding carboxylic acids is 2. The minimum absolute atomic E-state index is 0.142. The van der Waals surface area contributed by atoms with Crippen molar-refractivity contribution in [3.05, 3.63) is 69.7 Å². The van der Waals surface area contributed by atoms with Crippen molar-refractivity contribution in [2.24, 2.45) is 0 Å². The van der Waals surface area contributed by atoms with Crippen LogP contribution in [0.15, 0.2) is 53.0 Å². The summed E-state index contributed by atoms with van der Waals surface area (Å²) in [6.07, 6.45) is -0.561. The molecule has 0 heterocycles. The summed E-state index contributed by atoms with van der Waals surface area (Å²) in [6.45, 7) is 3.79. The molecule has 2 aromatic carbocycles. The van der Waals surface area contributed by atoms with Gasteiger partial charge in [-0.05, 0) is 42.7 Å². The van der Waals surface area contributed by atoms with E-state index in [9.17, 15) is 9.59 Å². The molecule has 0 saturated carbocycles. The van der Waals surface area contributed by atoms with Crippen LogP contribution in [0.1, 0.15) is 29.7 Å².